The van der Waals surface area contributed by atoms with E-state index in [-0.39, 0.29) is 18.8 Å². The maximum absolute atomic E-state index is 8.94. The summed E-state index contributed by atoms with van der Waals surface area (Å²) < 4.78 is 18.7. The van der Waals surface area contributed by atoms with E-state index in [4.69, 9.17) is 29.1 Å². The Hall–Kier alpha value is -0.240. The van der Waals surface area contributed by atoms with Gasteiger partial charge in [-0.05, 0) is 50.9 Å². The van der Waals surface area contributed by atoms with Crippen LogP contribution in [0.5, 0.6) is 0 Å². The molecule has 0 aromatic carbocycles. The van der Waals surface area contributed by atoms with E-state index in [2.05, 4.69) is 13.8 Å². The SMILES string of the molecule is C[C@H]1[C@@H](OCCCCO)O[C@@H]2O[C@@]3(C)CC[C@H]4[C@H](C)CC[C@@H]1[C@@]24OO3. The quantitative estimate of drug-likeness (QED) is 0.603. The molecule has 6 nitrogen and oxygen atoms in total. The minimum atomic E-state index is -0.737. The van der Waals surface area contributed by atoms with Crippen LogP contribution in [-0.2, 0) is 24.0 Å². The maximum Gasteiger partial charge on any atom is 0.201 e. The summed E-state index contributed by atoms with van der Waals surface area (Å²) in [5.41, 5.74) is -0.516. The zero-order valence-corrected chi connectivity index (χ0v) is 15.6. The molecule has 0 aromatic heterocycles. The second-order valence-electron chi connectivity index (χ2n) is 8.58. The summed E-state index contributed by atoms with van der Waals surface area (Å²) in [6.45, 7) is 7.25. The van der Waals surface area contributed by atoms with Crippen molar-refractivity contribution in [1.82, 2.24) is 0 Å². The topological polar surface area (TPSA) is 66.4 Å². The lowest BCUT2D eigenvalue weighted by Gasteiger charge is -2.60. The van der Waals surface area contributed by atoms with Gasteiger partial charge in [0, 0.05) is 31.5 Å². The number of hydrogen-bond donors (Lipinski definition) is 1. The molecule has 8 atom stereocenters. The van der Waals surface area contributed by atoms with Gasteiger partial charge in [-0.2, -0.15) is 0 Å². The van der Waals surface area contributed by atoms with Gasteiger partial charge in [0.25, 0.3) is 0 Å². The van der Waals surface area contributed by atoms with E-state index in [0.29, 0.717) is 24.4 Å². The summed E-state index contributed by atoms with van der Waals surface area (Å²) in [5.74, 6) is 0.745. The third-order valence-corrected chi connectivity index (χ3v) is 6.93. The molecule has 25 heavy (non-hydrogen) atoms. The Morgan fingerprint density at radius 3 is 2.72 bits per heavy atom. The van der Waals surface area contributed by atoms with E-state index < -0.39 is 17.7 Å². The van der Waals surface area contributed by atoms with Crippen molar-refractivity contribution in [3.05, 3.63) is 0 Å². The number of rotatable bonds is 5. The predicted octanol–water partition coefficient (Wildman–Crippen LogP) is 2.98. The van der Waals surface area contributed by atoms with Crippen molar-refractivity contribution < 1.29 is 29.1 Å². The van der Waals surface area contributed by atoms with Crippen LogP contribution in [0.1, 0.15) is 59.3 Å². The van der Waals surface area contributed by atoms with E-state index in [9.17, 15) is 0 Å². The molecule has 6 heteroatoms. The third-order valence-electron chi connectivity index (χ3n) is 6.93. The fourth-order valence-corrected chi connectivity index (χ4v) is 5.48. The molecule has 0 unspecified atom stereocenters. The van der Waals surface area contributed by atoms with Gasteiger partial charge in [-0.3, -0.25) is 0 Å². The molecule has 5 fully saturated rings. The molecular formula is C19H32O6. The highest BCUT2D eigenvalue weighted by Crippen LogP contribution is 2.60. The molecule has 144 valence electrons. The highest BCUT2D eigenvalue weighted by molar-refractivity contribution is 5.09. The van der Waals surface area contributed by atoms with Crippen molar-refractivity contribution in [2.45, 2.75) is 83.3 Å². The van der Waals surface area contributed by atoms with E-state index >= 15 is 0 Å². The molecule has 2 bridgehead atoms. The minimum Gasteiger partial charge on any atom is -0.396 e. The first-order valence-electron chi connectivity index (χ1n) is 9.93. The average Bonchev–Trinajstić information content (AvgIpc) is 2.82. The Labute approximate surface area is 150 Å². The molecule has 0 amide bonds. The van der Waals surface area contributed by atoms with Crippen molar-refractivity contribution in [2.75, 3.05) is 13.2 Å². The number of aliphatic hydroxyl groups is 1. The lowest BCUT2D eigenvalue weighted by molar-refractivity contribution is -0.577. The molecule has 1 N–H and O–H groups in total. The van der Waals surface area contributed by atoms with Crippen LogP contribution in [-0.4, -0.2) is 42.3 Å². The second-order valence-corrected chi connectivity index (χ2v) is 8.58. The normalized spacial score (nSPS) is 51.8. The Bertz CT molecular complexity index is 487. The molecule has 4 aliphatic heterocycles. The lowest BCUT2D eigenvalue weighted by atomic mass is 9.58. The maximum atomic E-state index is 8.94. The fourth-order valence-electron chi connectivity index (χ4n) is 5.48. The highest BCUT2D eigenvalue weighted by atomic mass is 17.3. The molecule has 1 aliphatic carbocycles. The van der Waals surface area contributed by atoms with Gasteiger partial charge >= 0.3 is 0 Å². The van der Waals surface area contributed by atoms with Crippen LogP contribution in [0.25, 0.3) is 0 Å². The number of aliphatic hydroxyl groups excluding tert-OH is 1. The first-order chi connectivity index (χ1) is 12.0. The molecule has 0 radical (unpaired) electrons. The summed E-state index contributed by atoms with van der Waals surface area (Å²) in [6.07, 6.45) is 5.01. The molecule has 0 aromatic rings. The number of unbranched alkanes of at least 4 members (excludes halogenated alkanes) is 1. The molecule has 1 spiro atoms. The van der Waals surface area contributed by atoms with Gasteiger partial charge in [-0.15, -0.1) is 0 Å². The summed E-state index contributed by atoms with van der Waals surface area (Å²) >= 11 is 0. The van der Waals surface area contributed by atoms with Crippen LogP contribution < -0.4 is 0 Å². The van der Waals surface area contributed by atoms with Crippen LogP contribution >= 0.6 is 0 Å². The predicted molar refractivity (Wildman–Crippen MR) is 89.1 cm³/mol. The molecule has 1 saturated carbocycles. The van der Waals surface area contributed by atoms with Crippen LogP contribution in [0.2, 0.25) is 0 Å². The van der Waals surface area contributed by atoms with Gasteiger partial charge in [0.1, 0.15) is 0 Å². The minimum absolute atomic E-state index is 0.199. The van der Waals surface area contributed by atoms with Crippen molar-refractivity contribution in [1.29, 1.82) is 0 Å². The van der Waals surface area contributed by atoms with Gasteiger partial charge in [0.05, 0.1) is 0 Å². The van der Waals surface area contributed by atoms with Crippen LogP contribution in [0.4, 0.5) is 0 Å². The van der Waals surface area contributed by atoms with Crippen LogP contribution in [0, 0.1) is 23.7 Å². The van der Waals surface area contributed by atoms with E-state index in [1.807, 2.05) is 6.92 Å². The molecule has 4 saturated heterocycles. The summed E-state index contributed by atoms with van der Waals surface area (Å²) in [6, 6.07) is 0. The average molecular weight is 356 g/mol. The van der Waals surface area contributed by atoms with Gasteiger partial charge in [-0.25, -0.2) is 9.78 Å². The van der Waals surface area contributed by atoms with Gasteiger partial charge in [0.15, 0.2) is 18.2 Å². The fraction of sp³-hybridized carbons (Fsp3) is 1.00. The lowest BCUT2D eigenvalue weighted by Crippen LogP contribution is -2.70. The summed E-state index contributed by atoms with van der Waals surface area (Å²) in [7, 11) is 0. The third kappa shape index (κ3) is 2.86. The van der Waals surface area contributed by atoms with E-state index in [1.54, 1.807) is 0 Å². The largest absolute Gasteiger partial charge is 0.396 e. The van der Waals surface area contributed by atoms with Crippen LogP contribution in [0.3, 0.4) is 0 Å². The van der Waals surface area contributed by atoms with Crippen molar-refractivity contribution in [2.24, 2.45) is 23.7 Å². The van der Waals surface area contributed by atoms with Gasteiger partial charge < -0.3 is 19.3 Å². The Morgan fingerprint density at radius 2 is 1.92 bits per heavy atom. The monoisotopic (exact) mass is 356 g/mol. The highest BCUT2D eigenvalue weighted by Gasteiger charge is 2.69. The number of fused-ring (bicyclic) bond motifs is 2. The smallest absolute Gasteiger partial charge is 0.201 e. The van der Waals surface area contributed by atoms with Gasteiger partial charge in [-0.1, -0.05) is 13.8 Å². The first kappa shape index (κ1) is 18.1. The van der Waals surface area contributed by atoms with Crippen molar-refractivity contribution in [3.8, 4) is 0 Å². The Kier molecular flexibility index (Phi) is 4.88. The summed E-state index contributed by atoms with van der Waals surface area (Å²) in [4.78, 5) is 11.9. The molecular weight excluding hydrogens is 324 g/mol. The van der Waals surface area contributed by atoms with Crippen molar-refractivity contribution in [3.63, 3.8) is 0 Å². The number of hydrogen-bond acceptors (Lipinski definition) is 6. The second kappa shape index (κ2) is 6.73. The number of ether oxygens (including phenoxy) is 3. The van der Waals surface area contributed by atoms with Crippen LogP contribution in [0.15, 0.2) is 0 Å². The Balaban J connectivity index is 1.58. The molecule has 5 rings (SSSR count). The first-order valence-corrected chi connectivity index (χ1v) is 9.93. The van der Waals surface area contributed by atoms with E-state index in [0.717, 1.165) is 32.1 Å². The zero-order chi connectivity index (χ0) is 17.7. The Morgan fingerprint density at radius 1 is 1.08 bits per heavy atom. The molecule has 4 heterocycles. The zero-order valence-electron chi connectivity index (χ0n) is 15.6. The van der Waals surface area contributed by atoms with E-state index in [1.165, 1.54) is 6.42 Å². The van der Waals surface area contributed by atoms with Crippen molar-refractivity contribution >= 4 is 0 Å². The standard InChI is InChI=1S/C19H32O6/c1-12-6-7-15-13(2)16(21-11-5-4-10-20)22-17-19(15)14(12)8-9-18(3,23-17)24-25-19/h12-17,20H,4-11H2,1-3H3/t12-,13-,14+,15+,16+,17-,18-,19-/m1/s1. The molecule has 5 aliphatic rings. The van der Waals surface area contributed by atoms with Gasteiger partial charge in [0.2, 0.25) is 5.79 Å². The summed E-state index contributed by atoms with van der Waals surface area (Å²) in [5, 5.41) is 8.94.